The van der Waals surface area contributed by atoms with Gasteiger partial charge in [-0.05, 0) is 17.0 Å². The number of nitrogens with zero attached hydrogens (tertiary/aromatic N) is 1. The maximum Gasteiger partial charge on any atom is 0.328 e. The van der Waals surface area contributed by atoms with Crippen LogP contribution in [0.2, 0.25) is 0 Å². The van der Waals surface area contributed by atoms with Crippen LogP contribution < -0.4 is 5.32 Å². The first-order valence-corrected chi connectivity index (χ1v) is 10.1. The first-order chi connectivity index (χ1) is 12.3. The van der Waals surface area contributed by atoms with E-state index in [4.69, 9.17) is 4.74 Å². The molecule has 0 bridgehead atoms. The SMILES string of the molecule is COC(=O)[C@H](Cc1ccccc1)NC(=O)CN(C)S(=O)(=O)c1cccs1. The Morgan fingerprint density at radius 1 is 1.19 bits per heavy atom. The van der Waals surface area contributed by atoms with Gasteiger partial charge in [0.15, 0.2) is 0 Å². The van der Waals surface area contributed by atoms with Gasteiger partial charge in [-0.2, -0.15) is 4.31 Å². The van der Waals surface area contributed by atoms with Crippen LogP contribution >= 0.6 is 11.3 Å². The van der Waals surface area contributed by atoms with Crippen molar-refractivity contribution < 1.29 is 22.7 Å². The number of hydrogen-bond acceptors (Lipinski definition) is 6. The minimum Gasteiger partial charge on any atom is -0.467 e. The quantitative estimate of drug-likeness (QED) is 0.679. The number of amides is 1. The molecule has 1 atom stereocenters. The highest BCUT2D eigenvalue weighted by Crippen LogP contribution is 2.19. The second-order valence-corrected chi connectivity index (χ2v) is 8.75. The lowest BCUT2D eigenvalue weighted by Crippen LogP contribution is -2.47. The molecule has 0 unspecified atom stereocenters. The molecule has 140 valence electrons. The molecular weight excluding hydrogens is 376 g/mol. The number of methoxy groups -OCH3 is 1. The Labute approximate surface area is 156 Å². The maximum atomic E-state index is 12.4. The van der Waals surface area contributed by atoms with Crippen LogP contribution in [0, 0.1) is 0 Å². The summed E-state index contributed by atoms with van der Waals surface area (Å²) in [6.07, 6.45) is 0.251. The highest BCUT2D eigenvalue weighted by Gasteiger charge is 2.27. The molecule has 0 aliphatic heterocycles. The molecule has 2 aromatic rings. The van der Waals surface area contributed by atoms with Gasteiger partial charge in [0.1, 0.15) is 10.3 Å². The van der Waals surface area contributed by atoms with E-state index in [9.17, 15) is 18.0 Å². The summed E-state index contributed by atoms with van der Waals surface area (Å²) in [7, 11) is -1.18. The van der Waals surface area contributed by atoms with Gasteiger partial charge < -0.3 is 10.1 Å². The van der Waals surface area contributed by atoms with E-state index in [1.165, 1.54) is 20.2 Å². The highest BCUT2D eigenvalue weighted by atomic mass is 32.2. The molecule has 0 radical (unpaired) electrons. The van der Waals surface area contributed by atoms with E-state index in [0.29, 0.717) is 0 Å². The molecule has 9 heteroatoms. The number of ether oxygens (including phenoxy) is 1. The van der Waals surface area contributed by atoms with E-state index < -0.39 is 34.5 Å². The van der Waals surface area contributed by atoms with Crippen molar-refractivity contribution >= 4 is 33.2 Å². The number of rotatable bonds is 8. The lowest BCUT2D eigenvalue weighted by Gasteiger charge is -2.19. The van der Waals surface area contributed by atoms with Crippen molar-refractivity contribution in [1.82, 2.24) is 9.62 Å². The van der Waals surface area contributed by atoms with Gasteiger partial charge in [-0.15, -0.1) is 11.3 Å². The number of thiophene rings is 1. The molecule has 0 aliphatic carbocycles. The molecule has 1 aromatic heterocycles. The Bertz CT molecular complexity index is 835. The Morgan fingerprint density at radius 3 is 2.46 bits per heavy atom. The van der Waals surface area contributed by atoms with E-state index in [1.54, 1.807) is 11.4 Å². The molecule has 1 amide bonds. The van der Waals surface area contributed by atoms with Gasteiger partial charge in [0, 0.05) is 13.5 Å². The monoisotopic (exact) mass is 396 g/mol. The highest BCUT2D eigenvalue weighted by molar-refractivity contribution is 7.91. The van der Waals surface area contributed by atoms with Crippen LogP contribution in [0.25, 0.3) is 0 Å². The lowest BCUT2D eigenvalue weighted by molar-refractivity contribution is -0.145. The predicted molar refractivity (Wildman–Crippen MR) is 98.2 cm³/mol. The van der Waals surface area contributed by atoms with Crippen LogP contribution in [0.4, 0.5) is 0 Å². The van der Waals surface area contributed by atoms with Gasteiger partial charge in [-0.25, -0.2) is 13.2 Å². The molecule has 26 heavy (non-hydrogen) atoms. The number of carbonyl (C=O) groups is 2. The van der Waals surface area contributed by atoms with E-state index >= 15 is 0 Å². The summed E-state index contributed by atoms with van der Waals surface area (Å²) >= 11 is 1.07. The second-order valence-electron chi connectivity index (χ2n) is 5.53. The predicted octanol–water partition coefficient (Wildman–Crippen LogP) is 1.27. The van der Waals surface area contributed by atoms with E-state index in [2.05, 4.69) is 5.32 Å². The third kappa shape index (κ3) is 5.13. The summed E-state index contributed by atoms with van der Waals surface area (Å²) in [5, 5.41) is 4.20. The van der Waals surface area contributed by atoms with Gasteiger partial charge in [0.05, 0.1) is 13.7 Å². The number of nitrogens with one attached hydrogen (secondary N) is 1. The molecule has 0 fully saturated rings. The van der Waals surface area contributed by atoms with Crippen molar-refractivity contribution in [3.8, 4) is 0 Å². The van der Waals surface area contributed by atoms with Gasteiger partial charge in [-0.3, -0.25) is 4.79 Å². The van der Waals surface area contributed by atoms with Gasteiger partial charge in [0.25, 0.3) is 10.0 Å². The summed E-state index contributed by atoms with van der Waals surface area (Å²) in [6.45, 7) is -0.400. The lowest BCUT2D eigenvalue weighted by atomic mass is 10.1. The van der Waals surface area contributed by atoms with Gasteiger partial charge in [0.2, 0.25) is 5.91 Å². The Hall–Kier alpha value is -2.23. The minimum atomic E-state index is -3.74. The smallest absolute Gasteiger partial charge is 0.328 e. The topological polar surface area (TPSA) is 92.8 Å². The van der Waals surface area contributed by atoms with Gasteiger partial charge >= 0.3 is 5.97 Å². The summed E-state index contributed by atoms with van der Waals surface area (Å²) in [4.78, 5) is 24.2. The van der Waals surface area contributed by atoms with E-state index in [-0.39, 0.29) is 10.6 Å². The fourth-order valence-corrected chi connectivity index (χ4v) is 4.60. The largest absolute Gasteiger partial charge is 0.467 e. The fraction of sp³-hybridized carbons (Fsp3) is 0.294. The average Bonchev–Trinajstić information content (AvgIpc) is 3.16. The second kappa shape index (κ2) is 8.93. The Kier molecular flexibility index (Phi) is 6.90. The van der Waals surface area contributed by atoms with Crippen LogP contribution in [-0.4, -0.2) is 51.3 Å². The zero-order valence-corrected chi connectivity index (χ0v) is 16.0. The summed E-state index contributed by atoms with van der Waals surface area (Å²) < 4.78 is 30.6. The maximum absolute atomic E-state index is 12.4. The van der Waals surface area contributed by atoms with Crippen molar-refractivity contribution in [3.05, 3.63) is 53.4 Å². The van der Waals surface area contributed by atoms with E-state index in [1.807, 2.05) is 30.3 Å². The number of benzene rings is 1. The first-order valence-electron chi connectivity index (χ1n) is 7.75. The molecule has 0 saturated heterocycles. The fourth-order valence-electron chi connectivity index (χ4n) is 2.28. The number of esters is 1. The summed E-state index contributed by atoms with van der Waals surface area (Å²) in [5.41, 5.74) is 0.850. The van der Waals surface area contributed by atoms with Crippen LogP contribution in [-0.2, 0) is 30.8 Å². The van der Waals surface area contributed by atoms with Crippen LogP contribution in [0.15, 0.2) is 52.1 Å². The number of hydrogen-bond donors (Lipinski definition) is 1. The molecule has 1 aromatic carbocycles. The van der Waals surface area contributed by atoms with Crippen LogP contribution in [0.5, 0.6) is 0 Å². The van der Waals surface area contributed by atoms with Gasteiger partial charge in [-0.1, -0.05) is 36.4 Å². The van der Waals surface area contributed by atoms with Crippen LogP contribution in [0.1, 0.15) is 5.56 Å². The Morgan fingerprint density at radius 2 is 1.88 bits per heavy atom. The van der Waals surface area contributed by atoms with Crippen molar-refractivity contribution in [1.29, 1.82) is 0 Å². The number of likely N-dealkylation sites (N-methyl/N-ethyl adjacent to an activating group) is 1. The zero-order chi connectivity index (χ0) is 19.2. The molecule has 1 heterocycles. The van der Waals surface area contributed by atoms with E-state index in [0.717, 1.165) is 21.2 Å². The molecule has 1 N–H and O–H groups in total. The van der Waals surface area contributed by atoms with Crippen molar-refractivity contribution in [2.24, 2.45) is 0 Å². The summed E-state index contributed by atoms with van der Waals surface area (Å²) in [6, 6.07) is 11.4. The third-order valence-corrected chi connectivity index (χ3v) is 6.81. The third-order valence-electron chi connectivity index (χ3n) is 3.63. The molecule has 0 aliphatic rings. The molecule has 0 spiro atoms. The molecule has 0 saturated carbocycles. The molecule has 2 rings (SSSR count). The standard InChI is InChI=1S/C17H20N2O5S2/c1-19(26(22,23)16-9-6-10-25-16)12-15(20)18-14(17(21)24-2)11-13-7-4-3-5-8-13/h3-10,14H,11-12H2,1-2H3,(H,18,20)/t14-/m0/s1. The first kappa shape index (κ1) is 20.1. The van der Waals surface area contributed by atoms with Crippen LogP contribution in [0.3, 0.4) is 0 Å². The minimum absolute atomic E-state index is 0.154. The number of carbonyl (C=O) groups excluding carboxylic acids is 2. The molecule has 7 nitrogen and oxygen atoms in total. The summed E-state index contributed by atoms with van der Waals surface area (Å²) in [5.74, 6) is -1.18. The van der Waals surface area contributed by atoms with Crippen molar-refractivity contribution in [2.45, 2.75) is 16.7 Å². The normalized spacial score (nSPS) is 12.6. The zero-order valence-electron chi connectivity index (χ0n) is 14.4. The number of sulfonamides is 1. The van der Waals surface area contributed by atoms with Crippen molar-refractivity contribution in [3.63, 3.8) is 0 Å². The Balaban J connectivity index is 2.03. The average molecular weight is 396 g/mol. The molecular formula is C17H20N2O5S2. The van der Waals surface area contributed by atoms with Crippen molar-refractivity contribution in [2.75, 3.05) is 20.7 Å².